The number of likely N-dealkylation sites (N-methyl/N-ethyl adjacent to an activating group) is 1. The Bertz CT molecular complexity index is 314. The van der Waals surface area contributed by atoms with Crippen LogP contribution in [0.5, 0.6) is 0 Å². The van der Waals surface area contributed by atoms with Crippen molar-refractivity contribution < 1.29 is 0 Å². The van der Waals surface area contributed by atoms with Gasteiger partial charge < -0.3 is 5.32 Å². The van der Waals surface area contributed by atoms with Crippen molar-refractivity contribution in [2.45, 2.75) is 10.8 Å². The van der Waals surface area contributed by atoms with Gasteiger partial charge in [-0.05, 0) is 34.6 Å². The molecule has 0 saturated carbocycles. The van der Waals surface area contributed by atoms with Gasteiger partial charge in [0.1, 0.15) is 0 Å². The second-order valence-electron chi connectivity index (χ2n) is 3.22. The minimum absolute atomic E-state index is 0.683. The molecule has 1 aliphatic rings. The van der Waals surface area contributed by atoms with Crippen LogP contribution in [0.25, 0.3) is 0 Å². The second-order valence-corrected chi connectivity index (χ2v) is 5.11. The van der Waals surface area contributed by atoms with Crippen molar-refractivity contribution >= 4 is 27.7 Å². The zero-order valence-corrected chi connectivity index (χ0v) is 9.91. The third-order valence-electron chi connectivity index (χ3n) is 2.32. The number of nitrogens with one attached hydrogen (secondary N) is 1. The minimum atomic E-state index is 0.683. The van der Waals surface area contributed by atoms with Gasteiger partial charge in [-0.15, -0.1) is 11.8 Å². The number of hydrogen-bond donors (Lipinski definition) is 1. The predicted octanol–water partition coefficient (Wildman–Crippen LogP) is 2.86. The molecule has 0 amide bonds. The van der Waals surface area contributed by atoms with E-state index in [0.717, 1.165) is 6.54 Å². The average molecular weight is 258 g/mol. The van der Waals surface area contributed by atoms with Crippen molar-refractivity contribution in [2.75, 3.05) is 19.3 Å². The molecule has 0 aliphatic carbocycles. The number of rotatable bonds is 2. The normalized spacial score (nSPS) is 20.3. The fourth-order valence-electron chi connectivity index (χ4n) is 1.69. The van der Waals surface area contributed by atoms with Crippen LogP contribution in [-0.2, 0) is 0 Å². The smallest absolute Gasteiger partial charge is 0.0314 e. The Kier molecular flexibility index (Phi) is 2.96. The van der Waals surface area contributed by atoms with E-state index in [0.29, 0.717) is 5.92 Å². The summed E-state index contributed by atoms with van der Waals surface area (Å²) >= 11 is 5.54. The monoisotopic (exact) mass is 257 g/mol. The lowest BCUT2D eigenvalue weighted by Crippen LogP contribution is -2.16. The van der Waals surface area contributed by atoms with Crippen molar-refractivity contribution in [2.24, 2.45) is 0 Å². The summed E-state index contributed by atoms with van der Waals surface area (Å²) < 4.78 is 1.24. The van der Waals surface area contributed by atoms with Gasteiger partial charge in [-0.25, -0.2) is 0 Å². The van der Waals surface area contributed by atoms with Gasteiger partial charge in [0, 0.05) is 27.6 Å². The van der Waals surface area contributed by atoms with Gasteiger partial charge in [-0.3, -0.25) is 0 Å². The summed E-state index contributed by atoms with van der Waals surface area (Å²) in [5, 5.41) is 3.24. The fraction of sp³-hybridized carbons (Fsp3) is 0.400. The summed E-state index contributed by atoms with van der Waals surface area (Å²) in [5.74, 6) is 1.89. The van der Waals surface area contributed by atoms with E-state index in [1.54, 1.807) is 0 Å². The van der Waals surface area contributed by atoms with Crippen molar-refractivity contribution in [3.63, 3.8) is 0 Å². The Hall–Kier alpha value is 0.0100. The highest BCUT2D eigenvalue weighted by Crippen LogP contribution is 2.43. The quantitative estimate of drug-likeness (QED) is 0.875. The minimum Gasteiger partial charge on any atom is -0.319 e. The van der Waals surface area contributed by atoms with Crippen LogP contribution in [0.1, 0.15) is 11.5 Å². The van der Waals surface area contributed by atoms with Crippen molar-refractivity contribution in [3.8, 4) is 0 Å². The van der Waals surface area contributed by atoms with E-state index < -0.39 is 0 Å². The fourth-order valence-corrected chi connectivity index (χ4v) is 3.69. The van der Waals surface area contributed by atoms with Gasteiger partial charge in [0.05, 0.1) is 0 Å². The van der Waals surface area contributed by atoms with Crippen LogP contribution in [0.4, 0.5) is 0 Å². The van der Waals surface area contributed by atoms with E-state index >= 15 is 0 Å². The summed E-state index contributed by atoms with van der Waals surface area (Å²) in [6.07, 6.45) is 0. The van der Waals surface area contributed by atoms with Crippen molar-refractivity contribution in [1.29, 1.82) is 0 Å². The van der Waals surface area contributed by atoms with Crippen LogP contribution >= 0.6 is 27.7 Å². The van der Waals surface area contributed by atoms with Gasteiger partial charge in [0.15, 0.2) is 0 Å². The van der Waals surface area contributed by atoms with E-state index in [1.807, 2.05) is 18.8 Å². The van der Waals surface area contributed by atoms with Crippen molar-refractivity contribution in [3.05, 3.63) is 28.2 Å². The highest BCUT2D eigenvalue weighted by molar-refractivity contribution is 9.10. The largest absolute Gasteiger partial charge is 0.319 e. The lowest BCUT2D eigenvalue weighted by molar-refractivity contribution is 0.686. The van der Waals surface area contributed by atoms with Crippen LogP contribution in [0, 0.1) is 0 Å². The number of hydrogen-bond acceptors (Lipinski definition) is 2. The van der Waals surface area contributed by atoms with E-state index in [1.165, 1.54) is 20.7 Å². The maximum Gasteiger partial charge on any atom is 0.0314 e. The first-order chi connectivity index (χ1) is 6.33. The molecular formula is C10H12BrNS. The molecule has 1 aliphatic heterocycles. The molecule has 0 radical (unpaired) electrons. The maximum atomic E-state index is 3.58. The van der Waals surface area contributed by atoms with Crippen LogP contribution < -0.4 is 5.32 Å². The lowest BCUT2D eigenvalue weighted by atomic mass is 10.0. The van der Waals surface area contributed by atoms with Gasteiger partial charge in [-0.1, -0.05) is 12.1 Å². The summed E-state index contributed by atoms with van der Waals surface area (Å²) in [7, 11) is 2.01. The summed E-state index contributed by atoms with van der Waals surface area (Å²) in [6.45, 7) is 1.08. The SMILES string of the molecule is CNCC1CSc2c(Br)cccc21. The Morgan fingerprint density at radius 2 is 2.46 bits per heavy atom. The van der Waals surface area contributed by atoms with Crippen LogP contribution in [0.15, 0.2) is 27.6 Å². The first kappa shape index (κ1) is 9.56. The van der Waals surface area contributed by atoms with Gasteiger partial charge in [0.25, 0.3) is 0 Å². The molecule has 0 bridgehead atoms. The summed E-state index contributed by atoms with van der Waals surface area (Å²) in [5.41, 5.74) is 1.49. The molecule has 70 valence electrons. The summed E-state index contributed by atoms with van der Waals surface area (Å²) in [6, 6.07) is 6.48. The van der Waals surface area contributed by atoms with Gasteiger partial charge in [0.2, 0.25) is 0 Å². The molecule has 0 aromatic heterocycles. The van der Waals surface area contributed by atoms with Gasteiger partial charge >= 0.3 is 0 Å². The molecule has 1 aromatic rings. The molecule has 1 nitrogen and oxygen atoms in total. The Morgan fingerprint density at radius 3 is 3.23 bits per heavy atom. The van der Waals surface area contributed by atoms with Crippen LogP contribution in [0.3, 0.4) is 0 Å². The van der Waals surface area contributed by atoms with E-state index in [9.17, 15) is 0 Å². The molecule has 1 heterocycles. The molecule has 2 rings (SSSR count). The molecule has 1 unspecified atom stereocenters. The van der Waals surface area contributed by atoms with Crippen LogP contribution in [-0.4, -0.2) is 19.3 Å². The zero-order chi connectivity index (χ0) is 9.26. The number of halogens is 1. The third kappa shape index (κ3) is 1.78. The summed E-state index contributed by atoms with van der Waals surface area (Å²) in [4.78, 5) is 1.43. The van der Waals surface area contributed by atoms with E-state index in [4.69, 9.17) is 0 Å². The maximum absolute atomic E-state index is 3.58. The molecular weight excluding hydrogens is 246 g/mol. The van der Waals surface area contributed by atoms with E-state index in [2.05, 4.69) is 39.4 Å². The Morgan fingerprint density at radius 1 is 1.62 bits per heavy atom. The number of benzene rings is 1. The molecule has 3 heteroatoms. The number of thioether (sulfide) groups is 1. The molecule has 0 spiro atoms. The highest BCUT2D eigenvalue weighted by Gasteiger charge is 2.23. The molecule has 0 saturated heterocycles. The topological polar surface area (TPSA) is 12.0 Å². The van der Waals surface area contributed by atoms with Crippen molar-refractivity contribution in [1.82, 2.24) is 5.32 Å². The predicted molar refractivity (Wildman–Crippen MR) is 61.5 cm³/mol. The molecule has 1 aromatic carbocycles. The van der Waals surface area contributed by atoms with E-state index in [-0.39, 0.29) is 0 Å². The Balaban J connectivity index is 2.32. The molecule has 13 heavy (non-hydrogen) atoms. The highest BCUT2D eigenvalue weighted by atomic mass is 79.9. The molecule has 0 fully saturated rings. The third-order valence-corrected chi connectivity index (χ3v) is 4.55. The first-order valence-electron chi connectivity index (χ1n) is 4.38. The standard InChI is InChI=1S/C10H12BrNS/c1-12-5-7-6-13-10-8(7)3-2-4-9(10)11/h2-4,7,12H,5-6H2,1H3. The molecule has 1 N–H and O–H groups in total. The second kappa shape index (κ2) is 4.03. The first-order valence-corrected chi connectivity index (χ1v) is 6.16. The lowest BCUT2D eigenvalue weighted by Gasteiger charge is -2.09. The zero-order valence-electron chi connectivity index (χ0n) is 7.51. The number of fused-ring (bicyclic) bond motifs is 1. The Labute approximate surface area is 91.4 Å². The average Bonchev–Trinajstić information content (AvgIpc) is 2.51. The van der Waals surface area contributed by atoms with Gasteiger partial charge in [-0.2, -0.15) is 0 Å². The van der Waals surface area contributed by atoms with Crippen LogP contribution in [0.2, 0.25) is 0 Å². The molecule has 1 atom stereocenters.